The highest BCUT2D eigenvalue weighted by Gasteiger charge is 2.37. The highest BCUT2D eigenvalue weighted by Crippen LogP contribution is 2.44. The predicted molar refractivity (Wildman–Crippen MR) is 201 cm³/mol. The van der Waals surface area contributed by atoms with Crippen LogP contribution in [0.2, 0.25) is 0 Å². The van der Waals surface area contributed by atoms with E-state index >= 15 is 0 Å². The van der Waals surface area contributed by atoms with E-state index in [1.54, 1.807) is 7.11 Å². The monoisotopic (exact) mass is 654 g/mol. The molecule has 6 heteroatoms. The molecule has 2 heterocycles. The third-order valence-corrected chi connectivity index (χ3v) is 11.7. The lowest BCUT2D eigenvalue weighted by atomic mass is 9.79. The van der Waals surface area contributed by atoms with Crippen LogP contribution in [0.25, 0.3) is 0 Å². The topological polar surface area (TPSA) is 52.4 Å². The number of hydrogen-bond acceptors (Lipinski definition) is 5. The molecule has 0 N–H and O–H groups in total. The first kappa shape index (κ1) is 35.1. The summed E-state index contributed by atoms with van der Waals surface area (Å²) in [6, 6.07) is 22.3. The SMILES string of the molecule is COc1c(C(C)(C)C)cc(P(c2ccccc2C2=N[C@@H](C(C)(C)C)CO2)c2ccccc2C2=N[C@@H](C(C)(C)C)CO2)cc1C(C)(C)C. The zero-order valence-corrected chi connectivity index (χ0v) is 31.8. The van der Waals surface area contributed by atoms with Crippen molar-refractivity contribution in [2.45, 2.75) is 106 Å². The second-order valence-corrected chi connectivity index (χ2v) is 19.3. The molecule has 5 rings (SSSR count). The number of rotatable bonds is 6. The zero-order valence-electron chi connectivity index (χ0n) is 30.9. The molecule has 5 nitrogen and oxygen atoms in total. The van der Waals surface area contributed by atoms with Gasteiger partial charge in [-0.3, -0.25) is 0 Å². The van der Waals surface area contributed by atoms with Crippen LogP contribution < -0.4 is 20.7 Å². The maximum atomic E-state index is 6.41. The van der Waals surface area contributed by atoms with Gasteiger partial charge in [0.15, 0.2) is 0 Å². The zero-order chi connectivity index (χ0) is 34.5. The van der Waals surface area contributed by atoms with Crippen LogP contribution in [-0.2, 0) is 20.3 Å². The Kier molecular flexibility index (Phi) is 9.49. The van der Waals surface area contributed by atoms with Crippen LogP contribution in [0.3, 0.4) is 0 Å². The van der Waals surface area contributed by atoms with Crippen LogP contribution in [0, 0.1) is 10.8 Å². The first-order valence-electron chi connectivity index (χ1n) is 16.9. The molecule has 3 aromatic rings. The van der Waals surface area contributed by atoms with E-state index in [1.807, 2.05) is 0 Å². The lowest BCUT2D eigenvalue weighted by Gasteiger charge is -2.32. The molecular weight excluding hydrogens is 599 g/mol. The quantitative estimate of drug-likeness (QED) is 0.251. The molecule has 2 atom stereocenters. The highest BCUT2D eigenvalue weighted by molar-refractivity contribution is 7.80. The third kappa shape index (κ3) is 7.31. The van der Waals surface area contributed by atoms with E-state index in [9.17, 15) is 0 Å². The molecule has 0 saturated heterocycles. The van der Waals surface area contributed by atoms with Gasteiger partial charge in [0, 0.05) is 22.3 Å². The van der Waals surface area contributed by atoms with E-state index in [-0.39, 0.29) is 33.7 Å². The maximum absolute atomic E-state index is 6.41. The summed E-state index contributed by atoms with van der Waals surface area (Å²) in [5.74, 6) is 2.43. The van der Waals surface area contributed by atoms with Crippen molar-refractivity contribution in [3.63, 3.8) is 0 Å². The lowest BCUT2D eigenvalue weighted by Crippen LogP contribution is -2.31. The minimum Gasteiger partial charge on any atom is -0.496 e. The van der Waals surface area contributed by atoms with E-state index in [4.69, 9.17) is 24.2 Å². The first-order chi connectivity index (χ1) is 21.8. The molecule has 0 aliphatic carbocycles. The van der Waals surface area contributed by atoms with Crippen molar-refractivity contribution in [2.75, 3.05) is 20.3 Å². The van der Waals surface area contributed by atoms with E-state index in [0.29, 0.717) is 13.2 Å². The van der Waals surface area contributed by atoms with Crippen molar-refractivity contribution >= 4 is 35.6 Å². The summed E-state index contributed by atoms with van der Waals surface area (Å²) in [5.41, 5.74) is 4.24. The third-order valence-electron chi connectivity index (χ3n) is 9.20. The van der Waals surface area contributed by atoms with Crippen molar-refractivity contribution in [3.8, 4) is 5.75 Å². The highest BCUT2D eigenvalue weighted by atomic mass is 31.1. The van der Waals surface area contributed by atoms with Crippen LogP contribution in [0.15, 0.2) is 70.6 Å². The van der Waals surface area contributed by atoms with Gasteiger partial charge in [-0.25, -0.2) is 9.98 Å². The number of aliphatic imine (C=N–C) groups is 2. The summed E-state index contributed by atoms with van der Waals surface area (Å²) in [6.07, 6.45) is 0. The molecule has 0 amide bonds. The molecule has 0 radical (unpaired) electrons. The largest absolute Gasteiger partial charge is 0.496 e. The summed E-state index contributed by atoms with van der Waals surface area (Å²) in [5, 5.41) is 3.67. The van der Waals surface area contributed by atoms with Crippen LogP contribution in [0.4, 0.5) is 0 Å². The molecule has 252 valence electrons. The number of methoxy groups -OCH3 is 1. The van der Waals surface area contributed by atoms with Crippen molar-refractivity contribution < 1.29 is 14.2 Å². The maximum Gasteiger partial charge on any atom is 0.217 e. The molecule has 2 aliphatic heterocycles. The van der Waals surface area contributed by atoms with Crippen molar-refractivity contribution in [2.24, 2.45) is 20.8 Å². The van der Waals surface area contributed by atoms with Crippen LogP contribution in [0.5, 0.6) is 5.75 Å². The van der Waals surface area contributed by atoms with Crippen molar-refractivity contribution in [1.82, 2.24) is 0 Å². The average molecular weight is 655 g/mol. The summed E-state index contributed by atoms with van der Waals surface area (Å²) in [6.45, 7) is 28.2. The van der Waals surface area contributed by atoms with Crippen LogP contribution in [0.1, 0.15) is 105 Å². The van der Waals surface area contributed by atoms with Crippen LogP contribution in [-0.4, -0.2) is 44.2 Å². The second-order valence-electron chi connectivity index (χ2n) is 17.2. The molecule has 0 spiro atoms. The average Bonchev–Trinajstić information content (AvgIpc) is 3.68. The summed E-state index contributed by atoms with van der Waals surface area (Å²) < 4.78 is 19.0. The van der Waals surface area contributed by atoms with Gasteiger partial charge in [-0.05, 0) is 69.8 Å². The number of nitrogens with zero attached hydrogens (tertiary/aromatic N) is 2. The standard InChI is InChI=1S/C41H55N2O3P/c1-38(2,3)29-22-26(23-30(35(29)44-13)39(4,5)6)47(31-20-16-14-18-27(31)36-42-33(24-45-36)40(7,8)9)32-21-17-15-19-28(32)37-43-34(25-46-37)41(10,11)12/h14-23,33-34H,24-25H2,1-13H3/t33-,34-/m1/s1. The molecule has 0 saturated carbocycles. The van der Waals surface area contributed by atoms with Crippen molar-refractivity contribution in [1.29, 1.82) is 0 Å². The molecule has 47 heavy (non-hydrogen) atoms. The Bertz CT molecular complexity index is 1560. The molecule has 0 unspecified atom stereocenters. The Morgan fingerprint density at radius 3 is 1.32 bits per heavy atom. The van der Waals surface area contributed by atoms with Gasteiger partial charge in [0.05, 0.1) is 19.2 Å². The van der Waals surface area contributed by atoms with Gasteiger partial charge < -0.3 is 14.2 Å². The van der Waals surface area contributed by atoms with Gasteiger partial charge in [0.1, 0.15) is 19.0 Å². The van der Waals surface area contributed by atoms with E-state index < -0.39 is 7.92 Å². The molecule has 2 aliphatic rings. The van der Waals surface area contributed by atoms with E-state index in [2.05, 4.69) is 144 Å². The van der Waals surface area contributed by atoms with E-state index in [1.165, 1.54) is 27.0 Å². The fourth-order valence-corrected chi connectivity index (χ4v) is 8.74. The second kappa shape index (κ2) is 12.7. The number of benzene rings is 3. The minimum atomic E-state index is -1.13. The molecule has 0 fully saturated rings. The lowest BCUT2D eigenvalue weighted by molar-refractivity contribution is 0.235. The Balaban J connectivity index is 1.83. The Labute approximate surface area is 285 Å². The molecule has 0 aromatic heterocycles. The number of ether oxygens (including phenoxy) is 3. The van der Waals surface area contributed by atoms with Gasteiger partial charge >= 0.3 is 0 Å². The molecule has 3 aromatic carbocycles. The Hall–Kier alpha value is -3.17. The Morgan fingerprint density at radius 2 is 1.00 bits per heavy atom. The van der Waals surface area contributed by atoms with Gasteiger partial charge in [0.25, 0.3) is 0 Å². The van der Waals surface area contributed by atoms with Gasteiger partial charge in [0.2, 0.25) is 11.8 Å². The smallest absolute Gasteiger partial charge is 0.217 e. The normalized spacial score (nSPS) is 18.9. The fraction of sp³-hybridized carbons (Fsp3) is 0.512. The fourth-order valence-electron chi connectivity index (χ4n) is 6.11. The van der Waals surface area contributed by atoms with Gasteiger partial charge in [-0.2, -0.15) is 0 Å². The summed E-state index contributed by atoms with van der Waals surface area (Å²) in [7, 11) is 0.675. The van der Waals surface area contributed by atoms with Crippen LogP contribution >= 0.6 is 7.92 Å². The minimum absolute atomic E-state index is 0.00871. The summed E-state index contributed by atoms with van der Waals surface area (Å²) in [4.78, 5) is 10.3. The van der Waals surface area contributed by atoms with Gasteiger partial charge in [-0.15, -0.1) is 0 Å². The molecule has 0 bridgehead atoms. The Morgan fingerprint density at radius 1 is 0.617 bits per heavy atom. The first-order valence-corrected chi connectivity index (χ1v) is 18.3. The van der Waals surface area contributed by atoms with Crippen molar-refractivity contribution in [3.05, 3.63) is 82.9 Å². The summed E-state index contributed by atoms with van der Waals surface area (Å²) >= 11 is 0. The number of hydrogen-bond donors (Lipinski definition) is 0. The predicted octanol–water partition coefficient (Wildman–Crippen LogP) is 8.43. The molecular formula is C41H55N2O3P. The van der Waals surface area contributed by atoms with E-state index in [0.717, 1.165) is 28.7 Å². The van der Waals surface area contributed by atoms with Gasteiger partial charge in [-0.1, -0.05) is 119 Å².